The summed E-state index contributed by atoms with van der Waals surface area (Å²) in [4.78, 5) is 33.2. The molecule has 0 bridgehead atoms. The van der Waals surface area contributed by atoms with Crippen molar-refractivity contribution in [3.05, 3.63) is 199 Å². The minimum absolute atomic E-state index is 0.454. The van der Waals surface area contributed by atoms with Gasteiger partial charge in [-0.15, -0.1) is 0 Å². The highest BCUT2D eigenvalue weighted by Crippen LogP contribution is 2.33. The second-order valence-corrected chi connectivity index (χ2v) is 13.1. The van der Waals surface area contributed by atoms with Crippen molar-refractivity contribution in [2.75, 3.05) is 0 Å². The summed E-state index contributed by atoms with van der Waals surface area (Å²) in [5, 5.41) is 0. The van der Waals surface area contributed by atoms with Crippen LogP contribution in [0.3, 0.4) is 0 Å². The van der Waals surface area contributed by atoms with Gasteiger partial charge in [-0.3, -0.25) is 0 Å². The average Bonchev–Trinajstić information content (AvgIpc) is 3.29. The first-order valence-corrected chi connectivity index (χ1v) is 18.2. The van der Waals surface area contributed by atoms with Crippen molar-refractivity contribution in [1.82, 2.24) is 29.9 Å². The second kappa shape index (κ2) is 15.2. The Labute approximate surface area is 324 Å². The molecule has 2 aromatic heterocycles. The molecule has 0 fully saturated rings. The largest absolute Gasteiger partial charge is 0.237 e. The summed E-state index contributed by atoms with van der Waals surface area (Å²) >= 11 is 0. The molecule has 0 amide bonds. The van der Waals surface area contributed by atoms with Crippen molar-refractivity contribution < 1.29 is 0 Å². The highest BCUT2D eigenvalue weighted by atomic mass is 15.0. The summed E-state index contributed by atoms with van der Waals surface area (Å²) in [6.07, 6.45) is 0. The highest BCUT2D eigenvalue weighted by molar-refractivity contribution is 5.78. The van der Waals surface area contributed by atoms with E-state index in [4.69, 9.17) is 36.5 Å². The predicted molar refractivity (Wildman–Crippen MR) is 223 cm³/mol. The Balaban J connectivity index is 1.08. The van der Waals surface area contributed by atoms with Gasteiger partial charge < -0.3 is 0 Å². The number of rotatable bonds is 8. The Morgan fingerprint density at radius 3 is 1.07 bits per heavy atom. The van der Waals surface area contributed by atoms with Crippen LogP contribution in [0.4, 0.5) is 5.69 Å². The van der Waals surface area contributed by atoms with Gasteiger partial charge in [0.05, 0.1) is 6.57 Å². The normalized spacial score (nSPS) is 10.8. The molecular weight excluding hydrogens is 687 g/mol. The van der Waals surface area contributed by atoms with Gasteiger partial charge in [-0.05, 0) is 34.4 Å². The zero-order valence-electron chi connectivity index (χ0n) is 30.0. The second-order valence-electron chi connectivity index (χ2n) is 13.1. The molecular formula is C49H31N7. The molecule has 0 saturated heterocycles. The SMILES string of the molecule is [C-]#[N+]c1ccccc1-c1nc(-c2ccccc2)nc(-c2ccc(-c3cccc(-c4nc(-c5ccccc5)nc(-c5cccc(-c6ccccc6)c5)n4)c3)cc2)n1. The van der Waals surface area contributed by atoms with Gasteiger partial charge in [0.2, 0.25) is 0 Å². The zero-order valence-corrected chi connectivity index (χ0v) is 30.0. The number of aromatic nitrogens is 6. The topological polar surface area (TPSA) is 81.7 Å². The van der Waals surface area contributed by atoms with E-state index in [9.17, 15) is 0 Å². The van der Waals surface area contributed by atoms with Gasteiger partial charge in [0, 0.05) is 33.4 Å². The fraction of sp³-hybridized carbons (Fsp3) is 0. The molecule has 9 aromatic rings. The Morgan fingerprint density at radius 2 is 0.589 bits per heavy atom. The van der Waals surface area contributed by atoms with Crippen LogP contribution in [-0.4, -0.2) is 29.9 Å². The molecule has 0 saturated carbocycles. The lowest BCUT2D eigenvalue weighted by atomic mass is 10.0. The van der Waals surface area contributed by atoms with Crippen LogP contribution in [0, 0.1) is 6.57 Å². The Hall–Kier alpha value is -7.95. The molecule has 0 spiro atoms. The van der Waals surface area contributed by atoms with Gasteiger partial charge in [-0.25, -0.2) is 34.7 Å². The molecule has 0 aliphatic rings. The summed E-state index contributed by atoms with van der Waals surface area (Å²) in [5.74, 6) is 3.32. The maximum absolute atomic E-state index is 7.72. The van der Waals surface area contributed by atoms with Crippen LogP contribution in [0.25, 0.3) is 95.4 Å². The molecule has 7 nitrogen and oxygen atoms in total. The van der Waals surface area contributed by atoms with Gasteiger partial charge in [0.25, 0.3) is 0 Å². The summed E-state index contributed by atoms with van der Waals surface area (Å²) in [7, 11) is 0. The lowest BCUT2D eigenvalue weighted by Gasteiger charge is -2.11. The molecule has 0 aliphatic heterocycles. The van der Waals surface area contributed by atoms with E-state index in [-0.39, 0.29) is 0 Å². The van der Waals surface area contributed by atoms with E-state index in [1.165, 1.54) is 0 Å². The maximum Gasteiger partial charge on any atom is 0.198 e. The molecule has 2 heterocycles. The molecule has 7 heteroatoms. The number of hydrogen-bond donors (Lipinski definition) is 0. The molecule has 0 aliphatic carbocycles. The van der Waals surface area contributed by atoms with Gasteiger partial charge >= 0.3 is 0 Å². The average molecular weight is 718 g/mol. The molecule has 0 N–H and O–H groups in total. The number of hydrogen-bond acceptors (Lipinski definition) is 6. The zero-order chi connectivity index (χ0) is 37.7. The van der Waals surface area contributed by atoms with Crippen molar-refractivity contribution in [3.63, 3.8) is 0 Å². The number of para-hydroxylation sites is 1. The monoisotopic (exact) mass is 717 g/mol. The summed E-state index contributed by atoms with van der Waals surface area (Å²) in [5.41, 5.74) is 9.79. The standard InChI is InChI=1S/C49H31N7/c1-50-43-26-12-11-25-42(43)49-55-45(36-19-9-4-10-20-36)51-46(56-49)37-29-27-34(28-30-37)39-22-14-24-41(32-39)48-53-44(35-17-7-3-8-18-35)52-47(54-48)40-23-13-21-38(31-40)33-15-5-2-6-16-33/h2-32H. The molecule has 0 unspecified atom stereocenters. The first-order chi connectivity index (χ1) is 27.7. The molecule has 9 rings (SSSR count). The van der Waals surface area contributed by atoms with E-state index in [1.807, 2.05) is 133 Å². The van der Waals surface area contributed by atoms with Crippen LogP contribution in [0.15, 0.2) is 188 Å². The minimum atomic E-state index is 0.454. The van der Waals surface area contributed by atoms with E-state index in [0.717, 1.165) is 50.1 Å². The van der Waals surface area contributed by atoms with Crippen LogP contribution >= 0.6 is 0 Å². The Bertz CT molecular complexity index is 2850. The van der Waals surface area contributed by atoms with Gasteiger partial charge in [-0.2, -0.15) is 0 Å². The first-order valence-electron chi connectivity index (χ1n) is 18.2. The van der Waals surface area contributed by atoms with Gasteiger partial charge in [-0.1, -0.05) is 176 Å². The van der Waals surface area contributed by atoms with Crippen LogP contribution in [0.5, 0.6) is 0 Å². The first kappa shape index (κ1) is 33.9. The summed E-state index contributed by atoms with van der Waals surface area (Å²) in [6.45, 7) is 7.72. The third-order valence-electron chi connectivity index (χ3n) is 9.43. The molecule has 56 heavy (non-hydrogen) atoms. The summed E-state index contributed by atoms with van der Waals surface area (Å²) < 4.78 is 0. The van der Waals surface area contributed by atoms with Crippen LogP contribution in [-0.2, 0) is 0 Å². The third kappa shape index (κ3) is 7.06. The third-order valence-corrected chi connectivity index (χ3v) is 9.43. The van der Waals surface area contributed by atoms with Gasteiger partial charge in [0.15, 0.2) is 40.6 Å². The van der Waals surface area contributed by atoms with Gasteiger partial charge in [0.1, 0.15) is 0 Å². The van der Waals surface area contributed by atoms with E-state index >= 15 is 0 Å². The highest BCUT2D eigenvalue weighted by Gasteiger charge is 2.16. The van der Waals surface area contributed by atoms with Crippen LogP contribution < -0.4 is 0 Å². The Kier molecular flexibility index (Phi) is 9.18. The fourth-order valence-corrected chi connectivity index (χ4v) is 6.57. The van der Waals surface area contributed by atoms with E-state index in [0.29, 0.717) is 46.2 Å². The molecule has 262 valence electrons. The lowest BCUT2D eigenvalue weighted by Crippen LogP contribution is -2.00. The Morgan fingerprint density at radius 1 is 0.268 bits per heavy atom. The van der Waals surface area contributed by atoms with Crippen LogP contribution in [0.2, 0.25) is 0 Å². The minimum Gasteiger partial charge on any atom is -0.237 e. The lowest BCUT2D eigenvalue weighted by molar-refractivity contribution is 1.07. The van der Waals surface area contributed by atoms with Crippen molar-refractivity contribution in [2.45, 2.75) is 0 Å². The van der Waals surface area contributed by atoms with Crippen molar-refractivity contribution in [3.8, 4) is 90.6 Å². The molecule has 0 atom stereocenters. The smallest absolute Gasteiger partial charge is 0.198 e. The number of nitrogens with zero attached hydrogens (tertiary/aromatic N) is 7. The predicted octanol–water partition coefficient (Wildman–Crippen LogP) is 11.9. The quantitative estimate of drug-likeness (QED) is 0.146. The van der Waals surface area contributed by atoms with Crippen LogP contribution in [0.1, 0.15) is 0 Å². The van der Waals surface area contributed by atoms with E-state index in [2.05, 4.69) is 53.4 Å². The van der Waals surface area contributed by atoms with Crippen molar-refractivity contribution in [1.29, 1.82) is 0 Å². The maximum atomic E-state index is 7.72. The van der Waals surface area contributed by atoms with E-state index < -0.39 is 0 Å². The fourth-order valence-electron chi connectivity index (χ4n) is 6.57. The molecule has 7 aromatic carbocycles. The van der Waals surface area contributed by atoms with Crippen molar-refractivity contribution in [2.24, 2.45) is 0 Å². The van der Waals surface area contributed by atoms with Crippen molar-refractivity contribution >= 4 is 5.69 Å². The summed E-state index contributed by atoms with van der Waals surface area (Å²) in [6, 6.07) is 62.3. The molecule has 0 radical (unpaired) electrons. The van der Waals surface area contributed by atoms with E-state index in [1.54, 1.807) is 6.07 Å². The number of benzene rings is 7.